The Morgan fingerprint density at radius 1 is 0.553 bits per heavy atom. The molecule has 0 fully saturated rings. The predicted octanol–water partition coefficient (Wildman–Crippen LogP) is 6.62. The topological polar surface area (TPSA) is 24.4 Å². The van der Waals surface area contributed by atoms with Gasteiger partial charge < -0.3 is 5.32 Å². The van der Waals surface area contributed by atoms with Crippen LogP contribution in [0.2, 0.25) is 0 Å². The molecule has 5 aromatic rings. The lowest BCUT2D eigenvalue weighted by atomic mass is 10.2. The third-order valence-electron chi connectivity index (χ3n) is 7.03. The minimum Gasteiger partial charge on any atom is -0.332 e. The average molecular weight is 530 g/mol. The first-order valence-corrected chi connectivity index (χ1v) is 15.9. The Labute approximate surface area is 230 Å². The summed E-state index contributed by atoms with van der Waals surface area (Å²) in [4.78, 5) is 5.39. The molecule has 0 amide bonds. The summed E-state index contributed by atoms with van der Waals surface area (Å²) >= 11 is 1.93. The van der Waals surface area contributed by atoms with E-state index in [9.17, 15) is 0 Å². The van der Waals surface area contributed by atoms with Crippen molar-refractivity contribution in [3.63, 3.8) is 0 Å². The Morgan fingerprint density at radius 3 is 1.45 bits per heavy atom. The van der Waals surface area contributed by atoms with Crippen molar-refractivity contribution < 1.29 is 0 Å². The zero-order chi connectivity index (χ0) is 25.6. The summed E-state index contributed by atoms with van der Waals surface area (Å²) in [6.45, 7) is 0. The van der Waals surface area contributed by atoms with Crippen LogP contribution in [-0.4, -0.2) is 17.0 Å². The van der Waals surface area contributed by atoms with E-state index >= 15 is 0 Å². The number of hydrogen-bond donors (Lipinski definition) is 1. The summed E-state index contributed by atoms with van der Waals surface area (Å²) in [6, 6.07) is 54.6. The van der Waals surface area contributed by atoms with Crippen molar-refractivity contribution in [3.05, 3.63) is 163 Å². The van der Waals surface area contributed by atoms with E-state index < -0.39 is 7.26 Å². The van der Waals surface area contributed by atoms with Crippen molar-refractivity contribution in [2.45, 2.75) is 16.9 Å². The minimum absolute atomic E-state index is 0.0411. The van der Waals surface area contributed by atoms with E-state index in [0.717, 1.165) is 17.2 Å². The number of amidine groups is 1. The molecule has 1 N–H and O–H groups in total. The lowest BCUT2D eigenvalue weighted by molar-refractivity contribution is 0.831. The van der Waals surface area contributed by atoms with E-state index in [1.165, 1.54) is 21.5 Å². The number of nitrogens with zero attached hydrogens (tertiary/aromatic N) is 1. The molecule has 1 aliphatic heterocycles. The second kappa shape index (κ2) is 11.4. The maximum Gasteiger partial charge on any atom is 0.185 e. The first-order chi connectivity index (χ1) is 18.9. The largest absolute Gasteiger partial charge is 0.332 e. The van der Waals surface area contributed by atoms with Crippen LogP contribution in [0.25, 0.3) is 0 Å². The molecule has 2 atom stereocenters. The molecule has 0 saturated carbocycles. The van der Waals surface area contributed by atoms with Gasteiger partial charge in [0.1, 0.15) is 29.0 Å². The highest BCUT2D eigenvalue weighted by Gasteiger charge is 2.58. The van der Waals surface area contributed by atoms with Gasteiger partial charge in [0, 0.05) is 11.3 Å². The van der Waals surface area contributed by atoms with Gasteiger partial charge in [-0.25, -0.2) is 4.99 Å². The molecule has 2 nitrogen and oxygen atoms in total. The first-order valence-electron chi connectivity index (χ1n) is 13.0. The molecule has 38 heavy (non-hydrogen) atoms. The molecular formula is C34H30N2PS+. The smallest absolute Gasteiger partial charge is 0.185 e. The molecule has 0 spiro atoms. The molecule has 0 unspecified atom stereocenters. The molecule has 0 aromatic heterocycles. The summed E-state index contributed by atoms with van der Waals surface area (Å²) in [5.41, 5.74) is 2.45. The van der Waals surface area contributed by atoms with Gasteiger partial charge in [-0.1, -0.05) is 115 Å². The number of hydrogen-bond acceptors (Lipinski definition) is 3. The van der Waals surface area contributed by atoms with Gasteiger partial charge in [-0.2, -0.15) is 0 Å². The maximum absolute atomic E-state index is 5.39. The second-order valence-corrected chi connectivity index (χ2v) is 14.0. The number of benzene rings is 5. The fourth-order valence-electron chi connectivity index (χ4n) is 5.29. The first kappa shape index (κ1) is 24.7. The van der Waals surface area contributed by atoms with Gasteiger partial charge in [-0.05, 0) is 42.0 Å². The zero-order valence-electron chi connectivity index (χ0n) is 21.1. The van der Waals surface area contributed by atoms with Crippen LogP contribution in [0.5, 0.6) is 0 Å². The summed E-state index contributed by atoms with van der Waals surface area (Å²) < 4.78 is 0. The van der Waals surface area contributed by atoms with Crippen LogP contribution in [0.4, 0.5) is 0 Å². The van der Waals surface area contributed by atoms with Crippen LogP contribution in [-0.2, 0) is 5.75 Å². The zero-order valence-corrected chi connectivity index (χ0v) is 22.8. The highest BCUT2D eigenvalue weighted by molar-refractivity contribution is 8.01. The third-order valence-corrected chi connectivity index (χ3v) is 13.0. The quantitative estimate of drug-likeness (QED) is 0.229. The van der Waals surface area contributed by atoms with E-state index in [4.69, 9.17) is 4.99 Å². The third kappa shape index (κ3) is 4.80. The average Bonchev–Trinajstić information content (AvgIpc) is 3.44. The molecular weight excluding hydrogens is 499 g/mol. The van der Waals surface area contributed by atoms with Crippen molar-refractivity contribution in [1.82, 2.24) is 5.32 Å². The van der Waals surface area contributed by atoms with Gasteiger partial charge in [0.05, 0.1) is 0 Å². The minimum atomic E-state index is -2.18. The number of nitrogens with one attached hydrogen (secondary N) is 1. The van der Waals surface area contributed by atoms with E-state index in [1.807, 2.05) is 11.8 Å². The van der Waals surface area contributed by atoms with Crippen LogP contribution in [0, 0.1) is 0 Å². The molecule has 0 radical (unpaired) electrons. The van der Waals surface area contributed by atoms with E-state index in [2.05, 4.69) is 157 Å². The fraction of sp³-hybridized carbons (Fsp3) is 0.0882. The molecule has 6 rings (SSSR count). The maximum atomic E-state index is 5.39. The van der Waals surface area contributed by atoms with Crippen LogP contribution >= 0.6 is 19.0 Å². The lowest BCUT2D eigenvalue weighted by Crippen LogP contribution is -2.48. The monoisotopic (exact) mass is 529 g/mol. The number of aliphatic imine (C=N–C) groups is 1. The van der Waals surface area contributed by atoms with Crippen LogP contribution in [0.1, 0.15) is 11.1 Å². The van der Waals surface area contributed by atoms with Gasteiger partial charge in [0.25, 0.3) is 0 Å². The lowest BCUT2D eigenvalue weighted by Gasteiger charge is -2.35. The Kier molecular flexibility index (Phi) is 7.40. The van der Waals surface area contributed by atoms with E-state index in [1.54, 1.807) is 0 Å². The molecule has 1 aliphatic rings. The summed E-state index contributed by atoms with van der Waals surface area (Å²) in [6.07, 6.45) is 0. The number of rotatable bonds is 8. The standard InChI is InChI=1S/C34H30N2PS/c1-6-16-27(17-7-1)26-38-34-33(35-32(36-34)28-18-8-2-9-19-28)37(29-20-10-3-11-21-29,30-22-12-4-13-23-30)31-24-14-5-15-25-31/h1-25,33-34H,26H2,(H,35,36)/q+1/t33-,34-/m1/s1. The molecule has 0 aliphatic carbocycles. The van der Waals surface area contributed by atoms with Crippen molar-refractivity contribution in [2.75, 3.05) is 0 Å². The van der Waals surface area contributed by atoms with Crippen LogP contribution in [0.3, 0.4) is 0 Å². The summed E-state index contributed by atoms with van der Waals surface area (Å²) in [5, 5.41) is 8.15. The molecule has 4 heteroatoms. The van der Waals surface area contributed by atoms with Crippen molar-refractivity contribution >= 4 is 40.8 Å². The Bertz CT molecular complexity index is 1380. The SMILES string of the molecule is c1ccc(CS[C@H]2N=C(c3ccccc3)N[C@@H]2[P+](c2ccccc2)(c2ccccc2)c2ccccc2)cc1. The molecule has 0 saturated heterocycles. The Balaban J connectivity index is 1.54. The van der Waals surface area contributed by atoms with Crippen molar-refractivity contribution in [3.8, 4) is 0 Å². The van der Waals surface area contributed by atoms with Crippen LogP contribution in [0.15, 0.2) is 157 Å². The molecule has 5 aromatic carbocycles. The molecule has 0 bridgehead atoms. The highest BCUT2D eigenvalue weighted by atomic mass is 32.2. The van der Waals surface area contributed by atoms with Gasteiger partial charge in [0.2, 0.25) is 0 Å². The predicted molar refractivity (Wildman–Crippen MR) is 167 cm³/mol. The van der Waals surface area contributed by atoms with Crippen molar-refractivity contribution in [1.29, 1.82) is 0 Å². The number of thioether (sulfide) groups is 1. The Hall–Kier alpha value is -3.65. The molecule has 1 heterocycles. The molecule has 186 valence electrons. The summed E-state index contributed by atoms with van der Waals surface area (Å²) in [7, 11) is -2.18. The second-order valence-electron chi connectivity index (χ2n) is 9.35. The highest BCUT2D eigenvalue weighted by Crippen LogP contribution is 2.62. The van der Waals surface area contributed by atoms with E-state index in [-0.39, 0.29) is 11.2 Å². The Morgan fingerprint density at radius 2 is 0.974 bits per heavy atom. The van der Waals surface area contributed by atoms with Gasteiger partial charge in [-0.15, -0.1) is 11.8 Å². The fourth-order valence-corrected chi connectivity index (χ4v) is 11.6. The van der Waals surface area contributed by atoms with Crippen LogP contribution < -0.4 is 21.2 Å². The van der Waals surface area contributed by atoms with Gasteiger partial charge in [-0.3, -0.25) is 0 Å². The van der Waals surface area contributed by atoms with E-state index in [0.29, 0.717) is 0 Å². The van der Waals surface area contributed by atoms with Gasteiger partial charge >= 0.3 is 0 Å². The van der Waals surface area contributed by atoms with Crippen molar-refractivity contribution in [2.24, 2.45) is 4.99 Å². The summed E-state index contributed by atoms with van der Waals surface area (Å²) in [5.74, 6) is 1.99. The van der Waals surface area contributed by atoms with Gasteiger partial charge in [0.15, 0.2) is 11.2 Å². The normalized spacial score (nSPS) is 17.0.